The van der Waals surface area contributed by atoms with E-state index in [9.17, 15) is 9.59 Å². The maximum absolute atomic E-state index is 11.9. The van der Waals surface area contributed by atoms with Gasteiger partial charge in [-0.1, -0.05) is 0 Å². The number of amides is 2. The molecule has 1 N–H and O–H groups in total. The van der Waals surface area contributed by atoms with Crippen molar-refractivity contribution >= 4 is 34.9 Å². The third-order valence-electron chi connectivity index (χ3n) is 2.78. The van der Waals surface area contributed by atoms with E-state index in [1.807, 2.05) is 16.8 Å². The number of thioether (sulfide) groups is 1. The molecular formula is C11H14N2O2S2. The van der Waals surface area contributed by atoms with E-state index in [0.717, 1.165) is 5.56 Å². The van der Waals surface area contributed by atoms with Crippen molar-refractivity contribution in [3.63, 3.8) is 0 Å². The van der Waals surface area contributed by atoms with Crippen LogP contribution in [0.15, 0.2) is 16.8 Å². The van der Waals surface area contributed by atoms with Gasteiger partial charge >= 0.3 is 0 Å². The summed E-state index contributed by atoms with van der Waals surface area (Å²) in [5, 5.41) is 6.58. The molecule has 2 amide bonds. The van der Waals surface area contributed by atoms with Gasteiger partial charge in [-0.3, -0.25) is 9.59 Å². The third kappa shape index (κ3) is 2.32. The maximum atomic E-state index is 11.9. The van der Waals surface area contributed by atoms with Gasteiger partial charge in [0.1, 0.15) is 11.4 Å². The lowest BCUT2D eigenvalue weighted by Crippen LogP contribution is -2.45. The minimum Gasteiger partial charge on any atom is -0.357 e. The molecular weight excluding hydrogens is 256 g/mol. The number of nitrogens with zero attached hydrogens (tertiary/aromatic N) is 1. The van der Waals surface area contributed by atoms with Gasteiger partial charge in [0.2, 0.25) is 11.8 Å². The van der Waals surface area contributed by atoms with Crippen molar-refractivity contribution in [1.82, 2.24) is 10.2 Å². The highest BCUT2D eigenvalue weighted by molar-refractivity contribution is 8.00. The average molecular weight is 270 g/mol. The third-order valence-corrected chi connectivity index (χ3v) is 4.71. The van der Waals surface area contributed by atoms with E-state index in [1.54, 1.807) is 42.0 Å². The van der Waals surface area contributed by atoms with Gasteiger partial charge in [0.15, 0.2) is 0 Å². The zero-order chi connectivity index (χ0) is 12.4. The van der Waals surface area contributed by atoms with Crippen molar-refractivity contribution in [3.8, 4) is 0 Å². The highest BCUT2D eigenvalue weighted by atomic mass is 32.2. The van der Waals surface area contributed by atoms with Crippen molar-refractivity contribution in [2.24, 2.45) is 0 Å². The number of carbonyl (C=O) groups is 2. The number of carbonyl (C=O) groups excluding carboxylic acids is 2. The Morgan fingerprint density at radius 3 is 3.00 bits per heavy atom. The molecule has 6 heteroatoms. The summed E-state index contributed by atoms with van der Waals surface area (Å²) in [6.07, 6.45) is 0. The number of hydrogen-bond acceptors (Lipinski definition) is 4. The Labute approximate surface area is 108 Å². The zero-order valence-electron chi connectivity index (χ0n) is 9.67. The first kappa shape index (κ1) is 12.4. The SMILES string of the molecule is CNC(=O)[C@@H](C)N1C(=O)CS[C@@H]1c1ccsc1. The molecule has 0 aliphatic carbocycles. The maximum Gasteiger partial charge on any atom is 0.242 e. The molecule has 1 aromatic rings. The first-order valence-corrected chi connectivity index (χ1v) is 7.30. The summed E-state index contributed by atoms with van der Waals surface area (Å²) >= 11 is 3.18. The molecule has 92 valence electrons. The lowest BCUT2D eigenvalue weighted by Gasteiger charge is -2.28. The standard InChI is InChI=1S/C11H14N2O2S2/c1-7(10(15)12-2)13-9(14)6-17-11(13)8-3-4-16-5-8/h3-5,7,11H,6H2,1-2H3,(H,12,15)/t7-,11-/m1/s1. The second kappa shape index (κ2) is 5.10. The molecule has 4 nitrogen and oxygen atoms in total. The Balaban J connectivity index is 2.23. The molecule has 1 fully saturated rings. The van der Waals surface area contributed by atoms with Gasteiger partial charge in [0.25, 0.3) is 0 Å². The highest BCUT2D eigenvalue weighted by Crippen LogP contribution is 2.40. The van der Waals surface area contributed by atoms with E-state index in [0.29, 0.717) is 5.75 Å². The quantitative estimate of drug-likeness (QED) is 0.904. The van der Waals surface area contributed by atoms with E-state index in [2.05, 4.69) is 5.32 Å². The van der Waals surface area contributed by atoms with Crippen LogP contribution in [0, 0.1) is 0 Å². The minimum absolute atomic E-state index is 0.0268. The highest BCUT2D eigenvalue weighted by Gasteiger charge is 2.38. The van der Waals surface area contributed by atoms with Gasteiger partial charge in [0, 0.05) is 7.05 Å². The van der Waals surface area contributed by atoms with Crippen LogP contribution >= 0.6 is 23.1 Å². The average Bonchev–Trinajstić information content (AvgIpc) is 2.95. The molecule has 0 unspecified atom stereocenters. The monoisotopic (exact) mass is 270 g/mol. The molecule has 17 heavy (non-hydrogen) atoms. The van der Waals surface area contributed by atoms with Crippen LogP contribution in [-0.4, -0.2) is 35.6 Å². The molecule has 1 saturated heterocycles. The predicted molar refractivity (Wildman–Crippen MR) is 69.9 cm³/mol. The van der Waals surface area contributed by atoms with E-state index >= 15 is 0 Å². The van der Waals surface area contributed by atoms with Gasteiger partial charge in [-0.25, -0.2) is 0 Å². The summed E-state index contributed by atoms with van der Waals surface area (Å²) in [4.78, 5) is 25.2. The zero-order valence-corrected chi connectivity index (χ0v) is 11.3. The van der Waals surface area contributed by atoms with Crippen LogP contribution in [-0.2, 0) is 9.59 Å². The molecule has 0 aromatic carbocycles. The Bertz CT molecular complexity index is 419. The van der Waals surface area contributed by atoms with Crippen LogP contribution < -0.4 is 5.32 Å². The number of likely N-dealkylation sites (N-methyl/N-ethyl adjacent to an activating group) is 1. The van der Waals surface area contributed by atoms with Crippen LogP contribution in [0.3, 0.4) is 0 Å². The summed E-state index contributed by atoms with van der Waals surface area (Å²) in [5.41, 5.74) is 1.10. The Morgan fingerprint density at radius 2 is 2.41 bits per heavy atom. The summed E-state index contributed by atoms with van der Waals surface area (Å²) in [6.45, 7) is 1.77. The van der Waals surface area contributed by atoms with Crippen LogP contribution in [0.25, 0.3) is 0 Å². The number of hydrogen-bond donors (Lipinski definition) is 1. The molecule has 1 aliphatic rings. The molecule has 1 aliphatic heterocycles. The number of rotatable bonds is 3. The van der Waals surface area contributed by atoms with Gasteiger partial charge in [-0.2, -0.15) is 11.3 Å². The first-order chi connectivity index (χ1) is 8.15. The Kier molecular flexibility index (Phi) is 3.73. The van der Waals surface area contributed by atoms with Crippen molar-refractivity contribution in [2.45, 2.75) is 18.3 Å². The summed E-state index contributed by atoms with van der Waals surface area (Å²) in [7, 11) is 1.59. The van der Waals surface area contributed by atoms with Crippen LogP contribution in [0.1, 0.15) is 17.9 Å². The summed E-state index contributed by atoms with van der Waals surface area (Å²) in [6, 6.07) is 1.58. The molecule has 0 saturated carbocycles. The van der Waals surface area contributed by atoms with Crippen molar-refractivity contribution in [3.05, 3.63) is 22.4 Å². The van der Waals surface area contributed by atoms with Crippen molar-refractivity contribution in [2.75, 3.05) is 12.8 Å². The fourth-order valence-corrected chi connectivity index (χ4v) is 3.88. The van der Waals surface area contributed by atoms with Gasteiger partial charge in [-0.15, -0.1) is 11.8 Å². The largest absolute Gasteiger partial charge is 0.357 e. The molecule has 0 bridgehead atoms. The van der Waals surface area contributed by atoms with Crippen LogP contribution in [0.2, 0.25) is 0 Å². The predicted octanol–water partition coefficient (Wildman–Crippen LogP) is 1.46. The van der Waals surface area contributed by atoms with E-state index in [4.69, 9.17) is 0 Å². The topological polar surface area (TPSA) is 49.4 Å². The molecule has 0 radical (unpaired) electrons. The minimum atomic E-state index is -0.424. The smallest absolute Gasteiger partial charge is 0.242 e. The van der Waals surface area contributed by atoms with Crippen LogP contribution in [0.5, 0.6) is 0 Å². The van der Waals surface area contributed by atoms with Gasteiger partial charge in [-0.05, 0) is 29.3 Å². The molecule has 2 atom stereocenters. The van der Waals surface area contributed by atoms with Gasteiger partial charge < -0.3 is 10.2 Å². The van der Waals surface area contributed by atoms with Crippen molar-refractivity contribution in [1.29, 1.82) is 0 Å². The second-order valence-electron chi connectivity index (χ2n) is 3.81. The molecule has 0 spiro atoms. The molecule has 2 rings (SSSR count). The number of thiophene rings is 1. The fraction of sp³-hybridized carbons (Fsp3) is 0.455. The summed E-state index contributed by atoms with van der Waals surface area (Å²) in [5.74, 6) is 0.352. The second-order valence-corrected chi connectivity index (χ2v) is 5.66. The number of nitrogens with one attached hydrogen (secondary N) is 1. The Morgan fingerprint density at radius 1 is 1.65 bits per heavy atom. The lowest BCUT2D eigenvalue weighted by molar-refractivity contribution is -0.137. The van der Waals surface area contributed by atoms with Crippen LogP contribution in [0.4, 0.5) is 0 Å². The van der Waals surface area contributed by atoms with Crippen molar-refractivity contribution < 1.29 is 9.59 Å². The van der Waals surface area contributed by atoms with Gasteiger partial charge in [0.05, 0.1) is 5.75 Å². The molecule has 1 aromatic heterocycles. The first-order valence-electron chi connectivity index (χ1n) is 5.31. The lowest BCUT2D eigenvalue weighted by atomic mass is 10.2. The van der Waals surface area contributed by atoms with E-state index in [-0.39, 0.29) is 17.2 Å². The van der Waals surface area contributed by atoms with E-state index < -0.39 is 6.04 Å². The Hall–Kier alpha value is -1.01. The normalized spacial score (nSPS) is 21.6. The molecule has 2 heterocycles. The van der Waals surface area contributed by atoms with E-state index in [1.165, 1.54) is 0 Å². The fourth-order valence-electron chi connectivity index (χ4n) is 1.86. The summed E-state index contributed by atoms with van der Waals surface area (Å²) < 4.78 is 0.